The van der Waals surface area contributed by atoms with Gasteiger partial charge in [0.25, 0.3) is 0 Å². The molecule has 1 aromatic heterocycles. The molecule has 0 amide bonds. The van der Waals surface area contributed by atoms with Crippen LogP contribution < -0.4 is 0 Å². The molecule has 3 rings (SSSR count). The molecule has 3 nitrogen and oxygen atoms in total. The van der Waals surface area contributed by atoms with Crippen molar-refractivity contribution in [1.82, 2.24) is 4.98 Å². The van der Waals surface area contributed by atoms with Crippen molar-refractivity contribution >= 4 is 22.7 Å². The van der Waals surface area contributed by atoms with Crippen LogP contribution in [0.5, 0.6) is 0 Å². The number of hydrogen-bond donors (Lipinski definition) is 0. The first-order valence-corrected chi connectivity index (χ1v) is 10.1. The average molecular weight is 387 g/mol. The normalized spacial score (nSPS) is 13.0. The molecule has 0 N–H and O–H groups in total. The highest BCUT2D eigenvalue weighted by Crippen LogP contribution is 2.37. The third-order valence-corrected chi connectivity index (χ3v) is 5.22. The minimum Gasteiger partial charge on any atom is -0.435 e. The fourth-order valence-corrected chi connectivity index (χ4v) is 4.18. The van der Waals surface area contributed by atoms with Crippen molar-refractivity contribution in [3.8, 4) is 6.07 Å². The van der Waals surface area contributed by atoms with E-state index in [9.17, 15) is 5.26 Å². The number of fused-ring (bicyclic) bond motifs is 1. The molecule has 0 saturated carbocycles. The van der Waals surface area contributed by atoms with Gasteiger partial charge in [-0.2, -0.15) is 5.26 Å². The molecule has 0 radical (unpaired) electrons. The van der Waals surface area contributed by atoms with Crippen LogP contribution in [0, 0.1) is 30.6 Å². The number of hydrogen-bond acceptors (Lipinski definition) is 3. The third-order valence-electron chi connectivity index (χ3n) is 5.22. The summed E-state index contributed by atoms with van der Waals surface area (Å²) in [7, 11) is 0. The summed E-state index contributed by atoms with van der Waals surface area (Å²) in [5.41, 5.74) is 6.75. The maximum Gasteiger partial charge on any atom is 0.238 e. The Morgan fingerprint density at radius 1 is 1.07 bits per heavy atom. The van der Waals surface area contributed by atoms with Crippen LogP contribution in [0.1, 0.15) is 69.2 Å². The van der Waals surface area contributed by atoms with Crippen LogP contribution in [-0.2, 0) is 5.41 Å². The number of oxazole rings is 1. The molecule has 0 aliphatic carbocycles. The number of nitriles is 1. The van der Waals surface area contributed by atoms with E-state index in [-0.39, 0.29) is 10.8 Å². The number of allylic oxidation sites excluding steroid dienone is 1. The van der Waals surface area contributed by atoms with Crippen molar-refractivity contribution in [3.63, 3.8) is 0 Å². The van der Waals surface area contributed by atoms with Crippen molar-refractivity contribution in [2.45, 2.75) is 60.3 Å². The van der Waals surface area contributed by atoms with Crippen LogP contribution in [0.2, 0.25) is 0 Å². The maximum absolute atomic E-state index is 9.70. The molecular weight excluding hydrogens is 356 g/mol. The van der Waals surface area contributed by atoms with Gasteiger partial charge >= 0.3 is 0 Å². The molecule has 0 aliphatic rings. The summed E-state index contributed by atoms with van der Waals surface area (Å²) < 4.78 is 5.92. The van der Waals surface area contributed by atoms with Crippen molar-refractivity contribution in [3.05, 3.63) is 64.5 Å². The molecule has 0 aliphatic heterocycles. The van der Waals surface area contributed by atoms with Gasteiger partial charge in [-0.15, -0.1) is 0 Å². The van der Waals surface area contributed by atoms with E-state index in [0.29, 0.717) is 17.0 Å². The summed E-state index contributed by atoms with van der Waals surface area (Å²) in [6.45, 7) is 15.4. The second kappa shape index (κ2) is 7.52. The van der Waals surface area contributed by atoms with E-state index >= 15 is 0 Å². The second-order valence-electron chi connectivity index (χ2n) is 9.85. The standard InChI is InChI=1S/C26H30N2O/c1-17-8-9-19(18(2)12-17)13-20(15-27)24-28-22-14-21(10-11-23(22)29-24)26(6,7)16-25(3,4)5/h8-14H,16H2,1-7H3/b20-13+. The molecule has 0 saturated heterocycles. The molecule has 3 heteroatoms. The number of aromatic nitrogens is 1. The summed E-state index contributed by atoms with van der Waals surface area (Å²) in [4.78, 5) is 4.64. The predicted molar refractivity (Wildman–Crippen MR) is 121 cm³/mol. The van der Waals surface area contributed by atoms with Gasteiger partial charge in [0.2, 0.25) is 5.89 Å². The highest BCUT2D eigenvalue weighted by atomic mass is 16.3. The number of benzene rings is 2. The summed E-state index contributed by atoms with van der Waals surface area (Å²) in [5.74, 6) is 0.369. The zero-order valence-electron chi connectivity index (χ0n) is 18.6. The van der Waals surface area contributed by atoms with Crippen molar-refractivity contribution in [1.29, 1.82) is 5.26 Å². The molecule has 1 heterocycles. The summed E-state index contributed by atoms with van der Waals surface area (Å²) in [6.07, 6.45) is 2.91. The maximum atomic E-state index is 9.70. The fraction of sp³-hybridized carbons (Fsp3) is 0.385. The molecule has 2 aromatic carbocycles. The summed E-state index contributed by atoms with van der Waals surface area (Å²) in [6, 6.07) is 14.6. The van der Waals surface area contributed by atoms with Crippen molar-refractivity contribution in [2.75, 3.05) is 0 Å². The molecule has 0 fully saturated rings. The smallest absolute Gasteiger partial charge is 0.238 e. The van der Waals surface area contributed by atoms with Crippen molar-refractivity contribution in [2.24, 2.45) is 5.41 Å². The van der Waals surface area contributed by atoms with E-state index in [0.717, 1.165) is 23.1 Å². The second-order valence-corrected chi connectivity index (χ2v) is 9.85. The van der Waals surface area contributed by atoms with E-state index in [2.05, 4.69) is 70.8 Å². The lowest BCUT2D eigenvalue weighted by Gasteiger charge is -2.32. The van der Waals surface area contributed by atoms with Gasteiger partial charge in [0.05, 0.1) is 0 Å². The van der Waals surface area contributed by atoms with Crippen LogP contribution in [-0.4, -0.2) is 4.98 Å². The fourth-order valence-electron chi connectivity index (χ4n) is 4.18. The van der Waals surface area contributed by atoms with Gasteiger partial charge in [-0.3, -0.25) is 0 Å². The first kappa shape index (κ1) is 20.9. The van der Waals surface area contributed by atoms with E-state index in [1.165, 1.54) is 11.1 Å². The zero-order chi connectivity index (χ0) is 21.4. The minimum atomic E-state index is 0.0263. The first-order valence-electron chi connectivity index (χ1n) is 10.1. The summed E-state index contributed by atoms with van der Waals surface area (Å²) >= 11 is 0. The van der Waals surface area contributed by atoms with Gasteiger partial charge < -0.3 is 4.42 Å². The molecule has 0 bridgehead atoms. The van der Waals surface area contributed by atoms with Crippen LogP contribution in [0.4, 0.5) is 0 Å². The lowest BCUT2D eigenvalue weighted by Crippen LogP contribution is -2.24. The van der Waals surface area contributed by atoms with Crippen LogP contribution >= 0.6 is 0 Å². The topological polar surface area (TPSA) is 49.8 Å². The zero-order valence-corrected chi connectivity index (χ0v) is 18.6. The SMILES string of the molecule is Cc1ccc(/C=C(\C#N)c2nc3cc(C(C)(C)CC(C)(C)C)ccc3o2)c(C)c1. The Labute approximate surface area is 174 Å². The highest BCUT2D eigenvalue weighted by Gasteiger charge is 2.28. The Balaban J connectivity index is 2.01. The lowest BCUT2D eigenvalue weighted by molar-refractivity contribution is 0.284. The van der Waals surface area contributed by atoms with Gasteiger partial charge in [0.1, 0.15) is 17.2 Å². The Bertz CT molecular complexity index is 1120. The largest absolute Gasteiger partial charge is 0.435 e. The van der Waals surface area contributed by atoms with E-state index in [4.69, 9.17) is 4.42 Å². The van der Waals surface area contributed by atoms with E-state index < -0.39 is 0 Å². The minimum absolute atomic E-state index is 0.0263. The van der Waals surface area contributed by atoms with Gasteiger partial charge in [0.15, 0.2) is 5.58 Å². The van der Waals surface area contributed by atoms with Gasteiger partial charge in [0, 0.05) is 0 Å². The first-order chi connectivity index (χ1) is 13.5. The van der Waals surface area contributed by atoms with Crippen LogP contribution in [0.15, 0.2) is 40.8 Å². The monoisotopic (exact) mass is 386 g/mol. The van der Waals surface area contributed by atoms with E-state index in [1.807, 2.05) is 31.2 Å². The number of rotatable bonds is 4. The third kappa shape index (κ3) is 4.77. The molecular formula is C26H30N2O. The Kier molecular flexibility index (Phi) is 5.41. The molecule has 0 atom stereocenters. The molecule has 3 aromatic rings. The lowest BCUT2D eigenvalue weighted by atomic mass is 9.72. The molecule has 0 spiro atoms. The van der Waals surface area contributed by atoms with Crippen LogP contribution in [0.25, 0.3) is 22.7 Å². The molecule has 29 heavy (non-hydrogen) atoms. The predicted octanol–water partition coefficient (Wildman–Crippen LogP) is 7.22. The molecule has 0 unspecified atom stereocenters. The molecule has 150 valence electrons. The van der Waals surface area contributed by atoms with Gasteiger partial charge in [-0.05, 0) is 66.0 Å². The van der Waals surface area contributed by atoms with Crippen LogP contribution in [0.3, 0.4) is 0 Å². The summed E-state index contributed by atoms with van der Waals surface area (Å²) in [5, 5.41) is 9.70. The van der Waals surface area contributed by atoms with Gasteiger partial charge in [-0.1, -0.05) is 64.4 Å². The Hall–Kier alpha value is -2.86. The van der Waals surface area contributed by atoms with E-state index in [1.54, 1.807) is 0 Å². The Morgan fingerprint density at radius 2 is 1.79 bits per heavy atom. The van der Waals surface area contributed by atoms with Crippen molar-refractivity contribution < 1.29 is 4.42 Å². The Morgan fingerprint density at radius 3 is 2.41 bits per heavy atom. The average Bonchev–Trinajstić information content (AvgIpc) is 3.02. The number of aryl methyl sites for hydroxylation is 2. The highest BCUT2D eigenvalue weighted by molar-refractivity contribution is 5.89. The van der Waals surface area contributed by atoms with Gasteiger partial charge in [-0.25, -0.2) is 4.98 Å². The quantitative estimate of drug-likeness (QED) is 0.445. The number of nitrogens with zero attached hydrogens (tertiary/aromatic N) is 2.